The molecule has 148 valence electrons. The van der Waals surface area contributed by atoms with Gasteiger partial charge in [-0.1, -0.05) is 23.7 Å². The van der Waals surface area contributed by atoms with Crippen LogP contribution in [-0.4, -0.2) is 54.0 Å². The second-order valence-electron chi connectivity index (χ2n) is 6.94. The van der Waals surface area contributed by atoms with Crippen molar-refractivity contribution < 1.29 is 14.3 Å². The largest absolute Gasteiger partial charge is 0.459 e. The number of nitrogens with zero attached hydrogens (tertiary/aromatic N) is 3. The third-order valence-corrected chi connectivity index (χ3v) is 4.87. The Morgan fingerprint density at radius 3 is 2.54 bits per heavy atom. The Balaban J connectivity index is 1.75. The van der Waals surface area contributed by atoms with Gasteiger partial charge in [0.25, 0.3) is 5.91 Å². The highest BCUT2D eigenvalue weighted by molar-refractivity contribution is 6.33. The molecule has 2 heterocycles. The molecule has 1 fully saturated rings. The van der Waals surface area contributed by atoms with E-state index in [1.165, 1.54) is 0 Å². The maximum Gasteiger partial charge on any atom is 0.342 e. The molecule has 1 aromatic carbocycles. The number of anilines is 1. The van der Waals surface area contributed by atoms with Gasteiger partial charge in [0, 0.05) is 32.4 Å². The van der Waals surface area contributed by atoms with Crippen molar-refractivity contribution in [1.29, 1.82) is 0 Å². The summed E-state index contributed by atoms with van der Waals surface area (Å²) in [4.78, 5) is 33.5. The predicted octanol–water partition coefficient (Wildman–Crippen LogP) is 3.65. The number of rotatable bonds is 4. The van der Waals surface area contributed by atoms with Gasteiger partial charge in [-0.25, -0.2) is 9.78 Å². The summed E-state index contributed by atoms with van der Waals surface area (Å²) in [6.07, 6.45) is 2.23. The number of carbonyl (C=O) groups is 2. The number of carbonyl (C=O) groups excluding carboxylic acids is 2. The van der Waals surface area contributed by atoms with Crippen LogP contribution in [-0.2, 0) is 4.74 Å². The van der Waals surface area contributed by atoms with Crippen LogP contribution in [0.4, 0.5) is 5.82 Å². The minimum Gasteiger partial charge on any atom is -0.459 e. The van der Waals surface area contributed by atoms with Crippen LogP contribution < -0.4 is 4.90 Å². The molecule has 1 saturated heterocycles. The van der Waals surface area contributed by atoms with Gasteiger partial charge in [-0.2, -0.15) is 0 Å². The van der Waals surface area contributed by atoms with E-state index in [0.717, 1.165) is 6.42 Å². The Kier molecular flexibility index (Phi) is 6.52. The van der Waals surface area contributed by atoms with Crippen LogP contribution in [0.1, 0.15) is 41.0 Å². The first-order valence-corrected chi connectivity index (χ1v) is 9.80. The summed E-state index contributed by atoms with van der Waals surface area (Å²) in [6, 6.07) is 10.5. The normalized spacial score (nSPS) is 14.7. The van der Waals surface area contributed by atoms with E-state index in [0.29, 0.717) is 48.1 Å². The van der Waals surface area contributed by atoms with Crippen molar-refractivity contribution in [2.45, 2.75) is 26.4 Å². The second kappa shape index (κ2) is 9.06. The maximum atomic E-state index is 12.8. The van der Waals surface area contributed by atoms with E-state index in [-0.39, 0.29) is 18.0 Å². The molecule has 0 saturated carbocycles. The Hall–Kier alpha value is -2.60. The van der Waals surface area contributed by atoms with Crippen molar-refractivity contribution in [3.8, 4) is 0 Å². The third kappa shape index (κ3) is 4.62. The van der Waals surface area contributed by atoms with Crippen LogP contribution in [0.3, 0.4) is 0 Å². The number of amides is 1. The minimum atomic E-state index is -0.383. The van der Waals surface area contributed by atoms with E-state index in [1.54, 1.807) is 35.4 Å². The molecule has 6 nitrogen and oxygen atoms in total. The lowest BCUT2D eigenvalue weighted by Gasteiger charge is -2.24. The van der Waals surface area contributed by atoms with Gasteiger partial charge in [-0.05, 0) is 44.5 Å². The minimum absolute atomic E-state index is 0.0760. The van der Waals surface area contributed by atoms with Crippen molar-refractivity contribution in [2.75, 3.05) is 31.1 Å². The summed E-state index contributed by atoms with van der Waals surface area (Å²) >= 11 is 6.18. The van der Waals surface area contributed by atoms with Crippen molar-refractivity contribution >= 4 is 29.3 Å². The topological polar surface area (TPSA) is 62.7 Å². The molecule has 0 unspecified atom stereocenters. The van der Waals surface area contributed by atoms with Gasteiger partial charge in [-0.15, -0.1) is 0 Å². The molecule has 3 rings (SSSR count). The van der Waals surface area contributed by atoms with Crippen LogP contribution in [0.25, 0.3) is 0 Å². The molecular weight excluding hydrogens is 378 g/mol. The molecule has 0 N–H and O–H groups in total. The molecule has 1 aromatic heterocycles. The SMILES string of the molecule is CC(C)OC(=O)c1cccnc1N1CCCN(C(=O)c2ccccc2Cl)CC1. The standard InChI is InChI=1S/C21H24ClN3O3/c1-15(2)28-21(27)17-8-5-10-23-19(17)24-11-6-12-25(14-13-24)20(26)16-7-3-4-9-18(16)22/h3-5,7-10,15H,6,11-14H2,1-2H3. The van der Waals surface area contributed by atoms with Gasteiger partial charge in [0.15, 0.2) is 0 Å². The van der Waals surface area contributed by atoms with Gasteiger partial charge in [0.1, 0.15) is 11.4 Å². The van der Waals surface area contributed by atoms with E-state index in [4.69, 9.17) is 16.3 Å². The zero-order valence-electron chi connectivity index (χ0n) is 16.1. The first-order chi connectivity index (χ1) is 13.5. The van der Waals surface area contributed by atoms with Gasteiger partial charge < -0.3 is 14.5 Å². The molecule has 1 aliphatic rings. The number of aromatic nitrogens is 1. The van der Waals surface area contributed by atoms with E-state index in [2.05, 4.69) is 4.98 Å². The number of halogens is 1. The van der Waals surface area contributed by atoms with E-state index in [9.17, 15) is 9.59 Å². The summed E-state index contributed by atoms with van der Waals surface area (Å²) in [5, 5.41) is 0.456. The fraction of sp³-hybridized carbons (Fsp3) is 0.381. The van der Waals surface area contributed by atoms with Crippen LogP contribution in [0.15, 0.2) is 42.6 Å². The molecule has 0 atom stereocenters. The molecule has 1 amide bonds. The quantitative estimate of drug-likeness (QED) is 0.732. The van der Waals surface area contributed by atoms with Gasteiger partial charge in [-0.3, -0.25) is 4.79 Å². The van der Waals surface area contributed by atoms with E-state index >= 15 is 0 Å². The average Bonchev–Trinajstić information content (AvgIpc) is 2.93. The fourth-order valence-electron chi connectivity index (χ4n) is 3.22. The highest BCUT2D eigenvalue weighted by atomic mass is 35.5. The van der Waals surface area contributed by atoms with Gasteiger partial charge >= 0.3 is 5.97 Å². The molecular formula is C21H24ClN3O3. The van der Waals surface area contributed by atoms with Crippen molar-refractivity contribution in [1.82, 2.24) is 9.88 Å². The zero-order valence-corrected chi connectivity index (χ0v) is 16.9. The number of benzene rings is 1. The van der Waals surface area contributed by atoms with Crippen LogP contribution in [0.2, 0.25) is 5.02 Å². The molecule has 2 aromatic rings. The number of esters is 1. The molecule has 0 bridgehead atoms. The lowest BCUT2D eigenvalue weighted by atomic mass is 10.2. The van der Waals surface area contributed by atoms with Gasteiger partial charge in [0.05, 0.1) is 16.7 Å². The van der Waals surface area contributed by atoms with Crippen LogP contribution in [0.5, 0.6) is 0 Å². The number of hydrogen-bond acceptors (Lipinski definition) is 5. The summed E-state index contributed by atoms with van der Waals surface area (Å²) in [7, 11) is 0. The average molecular weight is 402 g/mol. The van der Waals surface area contributed by atoms with Crippen LogP contribution >= 0.6 is 11.6 Å². The van der Waals surface area contributed by atoms with E-state index < -0.39 is 0 Å². The number of pyridine rings is 1. The highest BCUT2D eigenvalue weighted by Gasteiger charge is 2.25. The summed E-state index contributed by atoms with van der Waals surface area (Å²) in [6.45, 7) is 6.06. The molecule has 0 spiro atoms. The Morgan fingerprint density at radius 1 is 1.04 bits per heavy atom. The monoisotopic (exact) mass is 401 g/mol. The molecule has 1 aliphatic heterocycles. The lowest BCUT2D eigenvalue weighted by Crippen LogP contribution is -2.36. The Labute approximate surface area is 170 Å². The Morgan fingerprint density at radius 2 is 1.79 bits per heavy atom. The van der Waals surface area contributed by atoms with Crippen molar-refractivity contribution in [3.63, 3.8) is 0 Å². The smallest absolute Gasteiger partial charge is 0.342 e. The first-order valence-electron chi connectivity index (χ1n) is 9.42. The summed E-state index contributed by atoms with van der Waals surface area (Å²) in [5.74, 6) is 0.138. The summed E-state index contributed by atoms with van der Waals surface area (Å²) < 4.78 is 5.34. The van der Waals surface area contributed by atoms with Crippen molar-refractivity contribution in [2.24, 2.45) is 0 Å². The zero-order chi connectivity index (χ0) is 20.1. The Bertz CT molecular complexity index is 856. The second-order valence-corrected chi connectivity index (χ2v) is 7.35. The summed E-state index contributed by atoms with van der Waals surface area (Å²) in [5.41, 5.74) is 0.957. The van der Waals surface area contributed by atoms with Crippen LogP contribution in [0, 0.1) is 0 Å². The molecule has 0 radical (unpaired) electrons. The number of hydrogen-bond donors (Lipinski definition) is 0. The number of ether oxygens (including phenoxy) is 1. The lowest BCUT2D eigenvalue weighted by molar-refractivity contribution is 0.0378. The van der Waals surface area contributed by atoms with Gasteiger partial charge in [0.2, 0.25) is 0 Å². The predicted molar refractivity (Wildman–Crippen MR) is 109 cm³/mol. The molecule has 0 aliphatic carbocycles. The first kappa shape index (κ1) is 20.1. The fourth-order valence-corrected chi connectivity index (χ4v) is 3.44. The maximum absolute atomic E-state index is 12.8. The third-order valence-electron chi connectivity index (χ3n) is 4.54. The van der Waals surface area contributed by atoms with E-state index in [1.807, 2.05) is 30.9 Å². The highest BCUT2D eigenvalue weighted by Crippen LogP contribution is 2.22. The molecule has 7 heteroatoms. The molecule has 28 heavy (non-hydrogen) atoms. The van der Waals surface area contributed by atoms with Crippen molar-refractivity contribution in [3.05, 3.63) is 58.7 Å².